The van der Waals surface area contributed by atoms with Gasteiger partial charge in [-0.1, -0.05) is 29.8 Å². The van der Waals surface area contributed by atoms with Crippen molar-refractivity contribution in [2.45, 2.75) is 13.8 Å². The van der Waals surface area contributed by atoms with Gasteiger partial charge in [0.2, 0.25) is 0 Å². The maximum atomic E-state index is 12.9. The van der Waals surface area contributed by atoms with Gasteiger partial charge in [-0.15, -0.1) is 11.3 Å². The number of methoxy groups -OCH3 is 2. The normalized spacial score (nSPS) is 10.4. The maximum Gasteiger partial charge on any atom is 0.341 e. The van der Waals surface area contributed by atoms with Gasteiger partial charge in [-0.3, -0.25) is 4.79 Å². The number of aryl methyl sites for hydroxylation is 1. The van der Waals surface area contributed by atoms with Crippen LogP contribution in [0.5, 0.6) is 11.5 Å². The summed E-state index contributed by atoms with van der Waals surface area (Å²) in [6, 6.07) is 12.8. The highest BCUT2D eigenvalue weighted by atomic mass is 32.1. The van der Waals surface area contributed by atoms with Gasteiger partial charge in [0.1, 0.15) is 22.1 Å². The zero-order valence-corrected chi connectivity index (χ0v) is 18.1. The average Bonchev–Trinajstić information content (AvgIpc) is 3.17. The number of ether oxygens (including phenoxy) is 3. The third-order valence-electron chi connectivity index (χ3n) is 4.51. The Balaban J connectivity index is 1.99. The van der Waals surface area contributed by atoms with Gasteiger partial charge in [0.25, 0.3) is 5.91 Å². The van der Waals surface area contributed by atoms with Crippen LogP contribution in [0.4, 0.5) is 5.00 Å². The first kappa shape index (κ1) is 21.4. The molecule has 0 unspecified atom stereocenters. The van der Waals surface area contributed by atoms with Gasteiger partial charge in [0.15, 0.2) is 0 Å². The van der Waals surface area contributed by atoms with Crippen LogP contribution in [-0.2, 0) is 4.74 Å². The molecule has 0 aliphatic carbocycles. The second-order valence-corrected chi connectivity index (χ2v) is 7.34. The second kappa shape index (κ2) is 9.45. The fourth-order valence-electron chi connectivity index (χ4n) is 2.96. The van der Waals surface area contributed by atoms with Crippen LogP contribution >= 0.6 is 11.3 Å². The Morgan fingerprint density at radius 1 is 1.03 bits per heavy atom. The number of esters is 1. The topological polar surface area (TPSA) is 73.9 Å². The van der Waals surface area contributed by atoms with E-state index in [1.165, 1.54) is 18.4 Å². The van der Waals surface area contributed by atoms with Gasteiger partial charge in [-0.05, 0) is 31.5 Å². The summed E-state index contributed by atoms with van der Waals surface area (Å²) in [6.07, 6.45) is 0. The van der Waals surface area contributed by atoms with Crippen LogP contribution in [0.25, 0.3) is 11.1 Å². The van der Waals surface area contributed by atoms with Crippen molar-refractivity contribution in [3.05, 3.63) is 64.5 Å². The minimum absolute atomic E-state index is 0.238. The Hall–Kier alpha value is -3.32. The van der Waals surface area contributed by atoms with E-state index < -0.39 is 11.9 Å². The molecule has 0 spiro atoms. The predicted octanol–water partition coefficient (Wildman–Crippen LogP) is 5.17. The molecule has 30 heavy (non-hydrogen) atoms. The largest absolute Gasteiger partial charge is 0.497 e. The lowest BCUT2D eigenvalue weighted by molar-refractivity contribution is 0.0529. The molecule has 0 atom stereocenters. The highest BCUT2D eigenvalue weighted by Crippen LogP contribution is 2.37. The molecule has 0 bridgehead atoms. The lowest BCUT2D eigenvalue weighted by Gasteiger charge is -2.12. The molecule has 0 saturated heterocycles. The molecule has 156 valence electrons. The first-order valence-corrected chi connectivity index (χ1v) is 10.3. The first-order valence-electron chi connectivity index (χ1n) is 9.37. The van der Waals surface area contributed by atoms with Crippen LogP contribution in [0.3, 0.4) is 0 Å². The summed E-state index contributed by atoms with van der Waals surface area (Å²) < 4.78 is 15.7. The summed E-state index contributed by atoms with van der Waals surface area (Å²) in [5, 5.41) is 5.11. The monoisotopic (exact) mass is 425 g/mol. The van der Waals surface area contributed by atoms with Crippen molar-refractivity contribution in [3.8, 4) is 22.6 Å². The molecule has 3 aromatic rings. The molecule has 0 fully saturated rings. The minimum atomic E-state index is -0.480. The summed E-state index contributed by atoms with van der Waals surface area (Å²) in [5.41, 5.74) is 3.38. The minimum Gasteiger partial charge on any atom is -0.497 e. The van der Waals surface area contributed by atoms with Crippen molar-refractivity contribution in [2.24, 2.45) is 0 Å². The van der Waals surface area contributed by atoms with Gasteiger partial charge in [-0.2, -0.15) is 0 Å². The highest BCUT2D eigenvalue weighted by Gasteiger charge is 2.24. The lowest BCUT2D eigenvalue weighted by Crippen LogP contribution is -2.15. The fraction of sp³-hybridized carbons (Fsp3) is 0.217. The number of rotatable bonds is 7. The third-order valence-corrected chi connectivity index (χ3v) is 5.41. The Kier molecular flexibility index (Phi) is 6.74. The number of thiophene rings is 1. The van der Waals surface area contributed by atoms with E-state index in [9.17, 15) is 9.59 Å². The molecule has 1 aromatic heterocycles. The number of amides is 1. The van der Waals surface area contributed by atoms with E-state index in [1.807, 2.05) is 36.6 Å². The van der Waals surface area contributed by atoms with Crippen LogP contribution in [-0.4, -0.2) is 32.7 Å². The van der Waals surface area contributed by atoms with Crippen molar-refractivity contribution in [1.29, 1.82) is 0 Å². The van der Waals surface area contributed by atoms with E-state index >= 15 is 0 Å². The molecule has 0 aliphatic rings. The number of anilines is 1. The number of benzene rings is 2. The second-order valence-electron chi connectivity index (χ2n) is 6.46. The standard InChI is InChI=1S/C23H23NO5S/c1-5-29-23(26)20-18(15-8-6-14(2)7-9-15)13-30-22(20)24-21(25)17-11-10-16(27-3)12-19(17)28-4/h6-13H,5H2,1-4H3,(H,24,25). The van der Waals surface area contributed by atoms with E-state index in [0.717, 1.165) is 16.7 Å². The van der Waals surface area contributed by atoms with Crippen molar-refractivity contribution in [3.63, 3.8) is 0 Å². The summed E-state index contributed by atoms with van der Waals surface area (Å²) in [5.74, 6) is 0.0805. The molecule has 0 aliphatic heterocycles. The zero-order valence-electron chi connectivity index (χ0n) is 17.3. The number of hydrogen-bond acceptors (Lipinski definition) is 6. The van der Waals surface area contributed by atoms with Gasteiger partial charge >= 0.3 is 5.97 Å². The number of carbonyl (C=O) groups excluding carboxylic acids is 2. The Bertz CT molecular complexity index is 1060. The summed E-state index contributed by atoms with van der Waals surface area (Å²) >= 11 is 1.28. The van der Waals surface area contributed by atoms with Crippen LogP contribution in [0.15, 0.2) is 47.8 Å². The smallest absolute Gasteiger partial charge is 0.341 e. The third kappa shape index (κ3) is 4.46. The van der Waals surface area contributed by atoms with Crippen LogP contribution in [0.1, 0.15) is 33.2 Å². The van der Waals surface area contributed by atoms with Gasteiger partial charge in [-0.25, -0.2) is 4.79 Å². The molecule has 1 N–H and O–H groups in total. The van der Waals surface area contributed by atoms with E-state index in [4.69, 9.17) is 14.2 Å². The summed E-state index contributed by atoms with van der Waals surface area (Å²) in [6.45, 7) is 3.98. The van der Waals surface area contributed by atoms with Crippen LogP contribution < -0.4 is 14.8 Å². The summed E-state index contributed by atoms with van der Waals surface area (Å²) in [7, 11) is 3.02. The molecular weight excluding hydrogens is 402 g/mol. The van der Waals surface area contributed by atoms with Gasteiger partial charge in [0.05, 0.1) is 26.4 Å². The molecule has 0 saturated carbocycles. The highest BCUT2D eigenvalue weighted by molar-refractivity contribution is 7.15. The molecule has 6 nitrogen and oxygen atoms in total. The number of nitrogens with one attached hydrogen (secondary N) is 1. The van der Waals surface area contributed by atoms with Gasteiger partial charge in [0, 0.05) is 17.0 Å². The molecule has 1 amide bonds. The molecule has 3 rings (SSSR count). The molecule has 7 heteroatoms. The summed E-state index contributed by atoms with van der Waals surface area (Å²) in [4.78, 5) is 25.6. The molecule has 1 heterocycles. The fourth-order valence-corrected chi connectivity index (χ4v) is 3.91. The van der Waals surface area contributed by atoms with Crippen molar-refractivity contribution in [1.82, 2.24) is 0 Å². The maximum absolute atomic E-state index is 12.9. The van der Waals surface area contributed by atoms with Gasteiger partial charge < -0.3 is 19.5 Å². The van der Waals surface area contributed by atoms with Crippen molar-refractivity contribution >= 4 is 28.2 Å². The SMILES string of the molecule is CCOC(=O)c1c(-c2ccc(C)cc2)csc1NC(=O)c1ccc(OC)cc1OC. The number of carbonyl (C=O) groups is 2. The molecule has 0 radical (unpaired) electrons. The Morgan fingerprint density at radius 2 is 1.77 bits per heavy atom. The average molecular weight is 426 g/mol. The van der Waals surface area contributed by atoms with Crippen molar-refractivity contribution < 1.29 is 23.8 Å². The van der Waals surface area contributed by atoms with Crippen LogP contribution in [0, 0.1) is 6.92 Å². The van der Waals surface area contributed by atoms with Crippen LogP contribution in [0.2, 0.25) is 0 Å². The zero-order chi connectivity index (χ0) is 21.7. The molecular formula is C23H23NO5S. The van der Waals surface area contributed by atoms with Crippen molar-refractivity contribution in [2.75, 3.05) is 26.1 Å². The number of hydrogen-bond donors (Lipinski definition) is 1. The van der Waals surface area contributed by atoms with E-state index in [0.29, 0.717) is 27.6 Å². The van der Waals surface area contributed by atoms with E-state index in [-0.39, 0.29) is 6.61 Å². The molecule has 2 aromatic carbocycles. The quantitative estimate of drug-likeness (QED) is 0.529. The first-order chi connectivity index (χ1) is 14.5. The van der Waals surface area contributed by atoms with E-state index in [1.54, 1.807) is 32.2 Å². The Labute approximate surface area is 179 Å². The Morgan fingerprint density at radius 3 is 2.40 bits per heavy atom. The lowest BCUT2D eigenvalue weighted by atomic mass is 10.0. The van der Waals surface area contributed by atoms with E-state index in [2.05, 4.69) is 5.32 Å². The predicted molar refractivity (Wildman–Crippen MR) is 118 cm³/mol.